The number of nitrogens with one attached hydrogen (secondary N) is 1. The van der Waals surface area contributed by atoms with E-state index in [9.17, 15) is 22.8 Å². The minimum Gasteiger partial charge on any atom is -0.351 e. The van der Waals surface area contributed by atoms with Crippen LogP contribution in [0.25, 0.3) is 0 Å². The molecule has 2 saturated carbocycles. The molecule has 37 heavy (non-hydrogen) atoms. The zero-order chi connectivity index (χ0) is 26.3. The fraction of sp³-hybridized carbons (Fsp3) is 0.481. The Balaban J connectivity index is 1.55. The van der Waals surface area contributed by atoms with Crippen molar-refractivity contribution in [3.8, 4) is 0 Å². The van der Waals surface area contributed by atoms with Gasteiger partial charge in [-0.1, -0.05) is 30.3 Å². The first-order chi connectivity index (χ1) is 17.6. The zero-order valence-corrected chi connectivity index (χ0v) is 21.0. The molecule has 0 aliphatic heterocycles. The molecule has 2 aliphatic rings. The van der Waals surface area contributed by atoms with Crippen molar-refractivity contribution < 1.29 is 22.8 Å². The third-order valence-corrected chi connectivity index (χ3v) is 7.57. The third-order valence-electron chi connectivity index (χ3n) is 7.57. The van der Waals surface area contributed by atoms with Gasteiger partial charge < -0.3 is 5.32 Å². The van der Waals surface area contributed by atoms with E-state index < -0.39 is 29.7 Å². The molecule has 2 aliphatic carbocycles. The summed E-state index contributed by atoms with van der Waals surface area (Å²) >= 11 is 0. The number of hydrogen-bond acceptors (Lipinski definition) is 2. The lowest BCUT2D eigenvalue weighted by Crippen LogP contribution is -2.49. The van der Waals surface area contributed by atoms with Crippen LogP contribution < -0.4 is 10.2 Å². The summed E-state index contributed by atoms with van der Waals surface area (Å²) in [7, 11) is 3.59. The molecule has 1 N–H and O–H groups in total. The summed E-state index contributed by atoms with van der Waals surface area (Å²) in [5.41, 5.74) is 1.92. The highest BCUT2D eigenvalue weighted by atomic mass is 19.3. The van der Waals surface area contributed by atoms with E-state index in [4.69, 9.17) is 0 Å². The summed E-state index contributed by atoms with van der Waals surface area (Å²) in [6.07, 6.45) is 1.71. The van der Waals surface area contributed by atoms with Gasteiger partial charge in [0, 0.05) is 38.7 Å². The lowest BCUT2D eigenvalue weighted by molar-refractivity contribution is -0.128. The smallest absolute Gasteiger partial charge is 0.251 e. The van der Waals surface area contributed by atoms with Crippen LogP contribution in [0.4, 0.5) is 18.9 Å². The molecule has 0 saturated heterocycles. The van der Waals surface area contributed by atoms with Gasteiger partial charge in [-0.25, -0.2) is 13.2 Å². The second-order valence-electron chi connectivity index (χ2n) is 10.2. The van der Waals surface area contributed by atoms with E-state index in [0.29, 0.717) is 5.56 Å². The van der Waals surface area contributed by atoms with E-state index in [1.165, 1.54) is 23.1 Å². The van der Waals surface area contributed by atoms with Crippen LogP contribution in [0, 0.1) is 5.82 Å². The van der Waals surface area contributed by atoms with Crippen LogP contribution in [0.3, 0.4) is 0 Å². The quantitative estimate of drug-likeness (QED) is 0.475. The van der Waals surface area contributed by atoms with Gasteiger partial charge >= 0.3 is 0 Å². The molecule has 2 amide bonds. The monoisotopic (exact) mass is 515 g/mol. The largest absolute Gasteiger partial charge is 0.351 e. The SMILES string of the molecule is Cn1n(C)n1CC(=O)N(c1cccc(F)c1)C(C(=O)NC1CCC(F)(F)CC1)c1ccccc1C1CC1. The first-order valence-electron chi connectivity index (χ1n) is 12.7. The van der Waals surface area contributed by atoms with Gasteiger partial charge in [0.25, 0.3) is 5.91 Å². The van der Waals surface area contributed by atoms with Crippen molar-refractivity contribution in [1.29, 1.82) is 0 Å². The second kappa shape index (κ2) is 9.79. The lowest BCUT2D eigenvalue weighted by Gasteiger charge is -2.35. The van der Waals surface area contributed by atoms with Gasteiger partial charge in [0.15, 0.2) is 0 Å². The predicted octanol–water partition coefficient (Wildman–Crippen LogP) is 4.65. The van der Waals surface area contributed by atoms with Crippen molar-refractivity contribution in [2.24, 2.45) is 14.1 Å². The Hall–Kier alpha value is -3.43. The Morgan fingerprint density at radius 1 is 1.03 bits per heavy atom. The molecule has 5 rings (SSSR count). The summed E-state index contributed by atoms with van der Waals surface area (Å²) in [6, 6.07) is 11.7. The predicted molar refractivity (Wildman–Crippen MR) is 133 cm³/mol. The number of anilines is 1. The van der Waals surface area contributed by atoms with Crippen LogP contribution in [0.15, 0.2) is 48.5 Å². The van der Waals surface area contributed by atoms with Gasteiger partial charge in [0.1, 0.15) is 18.4 Å². The molecule has 2 aromatic carbocycles. The maximum Gasteiger partial charge on any atom is 0.251 e. The molecular formula is C27H32F3N5O2. The summed E-state index contributed by atoms with van der Waals surface area (Å²) in [6.45, 7) is -0.0471. The number of alkyl halides is 2. The van der Waals surface area contributed by atoms with E-state index in [-0.39, 0.29) is 49.7 Å². The van der Waals surface area contributed by atoms with Crippen LogP contribution in [0.1, 0.15) is 61.6 Å². The summed E-state index contributed by atoms with van der Waals surface area (Å²) in [5, 5.41) is 2.95. The molecule has 0 radical (unpaired) electrons. The van der Waals surface area contributed by atoms with Crippen molar-refractivity contribution in [3.05, 3.63) is 65.5 Å². The number of aromatic nitrogens is 3. The first-order valence-corrected chi connectivity index (χ1v) is 12.7. The lowest BCUT2D eigenvalue weighted by atomic mass is 9.90. The number of halogens is 3. The molecule has 2 fully saturated rings. The zero-order valence-electron chi connectivity index (χ0n) is 21.0. The number of rotatable bonds is 8. The Morgan fingerprint density at radius 2 is 1.70 bits per heavy atom. The highest BCUT2D eigenvalue weighted by molar-refractivity contribution is 6.01. The third kappa shape index (κ3) is 5.47. The van der Waals surface area contributed by atoms with Crippen LogP contribution in [-0.4, -0.2) is 38.2 Å². The molecule has 0 spiro atoms. The molecule has 1 heterocycles. The molecule has 1 unspecified atom stereocenters. The average molecular weight is 516 g/mol. The van der Waals surface area contributed by atoms with Crippen molar-refractivity contribution in [2.75, 3.05) is 4.90 Å². The summed E-state index contributed by atoms with van der Waals surface area (Å²) < 4.78 is 41.9. The number of amides is 2. The minimum absolute atomic E-state index is 0.0471. The van der Waals surface area contributed by atoms with Crippen LogP contribution in [0.2, 0.25) is 0 Å². The second-order valence-corrected chi connectivity index (χ2v) is 10.2. The number of carbonyl (C=O) groups excluding carboxylic acids is 2. The maximum atomic E-state index is 14.4. The molecule has 7 nitrogen and oxygen atoms in total. The van der Waals surface area contributed by atoms with E-state index in [1.54, 1.807) is 34.6 Å². The Bertz CT molecular complexity index is 1260. The minimum atomic E-state index is -2.72. The summed E-state index contributed by atoms with van der Waals surface area (Å²) in [5.74, 6) is -3.80. The molecule has 198 valence electrons. The first kappa shape index (κ1) is 25.2. The van der Waals surface area contributed by atoms with Crippen molar-refractivity contribution in [3.63, 3.8) is 0 Å². The Labute approximate surface area is 213 Å². The molecule has 3 aromatic rings. The van der Waals surface area contributed by atoms with Gasteiger partial charge in [0.2, 0.25) is 11.8 Å². The van der Waals surface area contributed by atoms with E-state index >= 15 is 0 Å². The summed E-state index contributed by atoms with van der Waals surface area (Å²) in [4.78, 5) is 34.3. The molecule has 1 atom stereocenters. The van der Waals surface area contributed by atoms with E-state index in [1.807, 2.05) is 24.3 Å². The Morgan fingerprint density at radius 3 is 2.32 bits per heavy atom. The van der Waals surface area contributed by atoms with E-state index in [0.717, 1.165) is 18.4 Å². The van der Waals surface area contributed by atoms with Gasteiger partial charge in [-0.05, 0) is 60.9 Å². The molecule has 0 bridgehead atoms. The topological polar surface area (TPSA) is 64.2 Å². The molecule has 1 aromatic heterocycles. The maximum absolute atomic E-state index is 14.4. The van der Waals surface area contributed by atoms with Crippen LogP contribution in [-0.2, 0) is 30.2 Å². The number of benzene rings is 2. The Kier molecular flexibility index (Phi) is 6.68. The van der Waals surface area contributed by atoms with Gasteiger partial charge in [-0.3, -0.25) is 14.5 Å². The van der Waals surface area contributed by atoms with Gasteiger partial charge in [0.05, 0.1) is 0 Å². The van der Waals surface area contributed by atoms with Gasteiger partial charge in [-0.2, -0.15) is 14.4 Å². The number of hydrogen-bond donors (Lipinski definition) is 1. The highest BCUT2D eigenvalue weighted by Gasteiger charge is 2.40. The van der Waals surface area contributed by atoms with Gasteiger partial charge in [-0.15, -0.1) is 0 Å². The van der Waals surface area contributed by atoms with Crippen molar-refractivity contribution in [2.45, 2.75) is 69.0 Å². The molecule has 10 heteroatoms. The average Bonchev–Trinajstić information content (AvgIpc) is 3.79. The van der Waals surface area contributed by atoms with Crippen LogP contribution in [0.5, 0.6) is 0 Å². The van der Waals surface area contributed by atoms with Crippen LogP contribution >= 0.6 is 0 Å². The molecular weight excluding hydrogens is 483 g/mol. The normalized spacial score (nSPS) is 18.5. The standard InChI is InChI=1S/C27H32F3N5O2/c1-32-33(2)34(32)17-24(36)35(21-7-5-6-19(28)16-21)25(23-9-4-3-8-22(23)18-10-11-18)26(37)31-20-12-14-27(29,30)15-13-20/h3-9,16,18,20,25H,10-15,17H2,1-2H3,(H,31,37). The van der Waals surface area contributed by atoms with E-state index in [2.05, 4.69) is 5.32 Å². The van der Waals surface area contributed by atoms with Crippen molar-refractivity contribution in [1.82, 2.24) is 19.7 Å². The fourth-order valence-electron chi connectivity index (χ4n) is 5.18. The van der Waals surface area contributed by atoms with Crippen molar-refractivity contribution >= 4 is 17.5 Å². The number of carbonyl (C=O) groups is 2. The fourth-order valence-corrected chi connectivity index (χ4v) is 5.18. The highest BCUT2D eigenvalue weighted by Crippen LogP contribution is 2.44. The number of nitrogens with zero attached hydrogens (tertiary/aromatic N) is 4.